The van der Waals surface area contributed by atoms with Gasteiger partial charge in [0.1, 0.15) is 5.82 Å². The van der Waals surface area contributed by atoms with Crippen molar-refractivity contribution in [3.63, 3.8) is 0 Å². The van der Waals surface area contributed by atoms with Gasteiger partial charge >= 0.3 is 0 Å². The van der Waals surface area contributed by atoms with Gasteiger partial charge in [-0.2, -0.15) is 4.98 Å². The second-order valence-corrected chi connectivity index (χ2v) is 5.93. The number of hydrogen-bond acceptors (Lipinski definition) is 5. The predicted octanol–water partition coefficient (Wildman–Crippen LogP) is 2.66. The van der Waals surface area contributed by atoms with Crippen molar-refractivity contribution >= 4 is 29.1 Å². The summed E-state index contributed by atoms with van der Waals surface area (Å²) in [5, 5.41) is 0.750. The highest BCUT2D eigenvalue weighted by Crippen LogP contribution is 2.34. The van der Waals surface area contributed by atoms with E-state index in [1.165, 1.54) is 5.56 Å². The van der Waals surface area contributed by atoms with Crippen LogP contribution >= 0.6 is 11.6 Å². The zero-order chi connectivity index (χ0) is 14.9. The Morgan fingerprint density at radius 3 is 2.59 bits per heavy atom. The maximum atomic E-state index is 5.98. The summed E-state index contributed by atoms with van der Waals surface area (Å²) in [6.45, 7) is 4.10. The van der Waals surface area contributed by atoms with Gasteiger partial charge in [-0.05, 0) is 30.7 Å². The van der Waals surface area contributed by atoms with E-state index in [-0.39, 0.29) is 0 Å². The SMILES string of the molecule is Clc1ccc(N2CCc3cnc(N4CCOCC4)nc32)cc1. The molecule has 0 radical (unpaired) electrons. The maximum absolute atomic E-state index is 5.98. The van der Waals surface area contributed by atoms with E-state index in [1.807, 2.05) is 30.5 Å². The van der Waals surface area contributed by atoms with E-state index in [0.717, 1.165) is 61.7 Å². The van der Waals surface area contributed by atoms with Gasteiger partial charge in [0.05, 0.1) is 13.2 Å². The predicted molar refractivity (Wildman–Crippen MR) is 87.2 cm³/mol. The van der Waals surface area contributed by atoms with E-state index in [9.17, 15) is 0 Å². The van der Waals surface area contributed by atoms with Gasteiger partial charge in [0.2, 0.25) is 5.95 Å². The molecule has 0 N–H and O–H groups in total. The van der Waals surface area contributed by atoms with Crippen molar-refractivity contribution < 1.29 is 4.74 Å². The molecule has 114 valence electrons. The molecule has 22 heavy (non-hydrogen) atoms. The molecule has 4 rings (SSSR count). The second-order valence-electron chi connectivity index (χ2n) is 5.50. The van der Waals surface area contributed by atoms with Crippen LogP contribution in [0.5, 0.6) is 0 Å². The number of aromatic nitrogens is 2. The van der Waals surface area contributed by atoms with Crippen LogP contribution in [0, 0.1) is 0 Å². The standard InChI is InChI=1S/C16H17ClN4O/c17-13-1-3-14(4-2-13)21-6-5-12-11-18-16(19-15(12)21)20-7-9-22-10-8-20/h1-4,11H,5-10H2. The first-order chi connectivity index (χ1) is 10.8. The van der Waals surface area contributed by atoms with E-state index in [4.69, 9.17) is 21.3 Å². The molecule has 1 aromatic heterocycles. The topological polar surface area (TPSA) is 41.5 Å². The van der Waals surface area contributed by atoms with Crippen molar-refractivity contribution in [2.24, 2.45) is 0 Å². The minimum absolute atomic E-state index is 0.737. The highest BCUT2D eigenvalue weighted by molar-refractivity contribution is 6.30. The molecule has 1 fully saturated rings. The molecule has 2 aromatic rings. The zero-order valence-electron chi connectivity index (χ0n) is 12.2. The van der Waals surface area contributed by atoms with Crippen LogP contribution in [-0.4, -0.2) is 42.8 Å². The zero-order valence-corrected chi connectivity index (χ0v) is 13.0. The van der Waals surface area contributed by atoms with Crippen LogP contribution in [0.25, 0.3) is 0 Å². The highest BCUT2D eigenvalue weighted by atomic mass is 35.5. The Morgan fingerprint density at radius 2 is 1.82 bits per heavy atom. The lowest BCUT2D eigenvalue weighted by Gasteiger charge is -2.27. The van der Waals surface area contributed by atoms with Crippen molar-refractivity contribution in [2.75, 3.05) is 42.6 Å². The van der Waals surface area contributed by atoms with Crippen molar-refractivity contribution in [3.8, 4) is 0 Å². The van der Waals surface area contributed by atoms with Crippen molar-refractivity contribution in [1.82, 2.24) is 9.97 Å². The third kappa shape index (κ3) is 2.51. The number of benzene rings is 1. The van der Waals surface area contributed by atoms with Crippen LogP contribution < -0.4 is 9.80 Å². The molecule has 2 aliphatic heterocycles. The Balaban J connectivity index is 1.66. The summed E-state index contributed by atoms with van der Waals surface area (Å²) in [4.78, 5) is 13.8. The molecule has 2 aliphatic rings. The molecule has 3 heterocycles. The molecular weight excluding hydrogens is 300 g/mol. The van der Waals surface area contributed by atoms with Gasteiger partial charge in [0, 0.05) is 42.1 Å². The lowest BCUT2D eigenvalue weighted by Crippen LogP contribution is -2.37. The molecule has 0 spiro atoms. The van der Waals surface area contributed by atoms with E-state index in [1.54, 1.807) is 0 Å². The monoisotopic (exact) mass is 316 g/mol. The molecule has 0 aliphatic carbocycles. The van der Waals surface area contributed by atoms with Crippen LogP contribution in [0.1, 0.15) is 5.56 Å². The number of rotatable bonds is 2. The maximum Gasteiger partial charge on any atom is 0.227 e. The number of nitrogens with zero attached hydrogens (tertiary/aromatic N) is 4. The van der Waals surface area contributed by atoms with E-state index >= 15 is 0 Å². The molecule has 1 aromatic carbocycles. The van der Waals surface area contributed by atoms with Crippen LogP contribution in [0.4, 0.5) is 17.5 Å². The lowest BCUT2D eigenvalue weighted by molar-refractivity contribution is 0.122. The van der Waals surface area contributed by atoms with Gasteiger partial charge in [-0.15, -0.1) is 0 Å². The van der Waals surface area contributed by atoms with Gasteiger partial charge in [-0.1, -0.05) is 11.6 Å². The molecule has 0 amide bonds. The van der Waals surface area contributed by atoms with Gasteiger partial charge in [0.25, 0.3) is 0 Å². The highest BCUT2D eigenvalue weighted by Gasteiger charge is 2.24. The minimum atomic E-state index is 0.737. The van der Waals surface area contributed by atoms with Crippen molar-refractivity contribution in [2.45, 2.75) is 6.42 Å². The first-order valence-corrected chi connectivity index (χ1v) is 7.91. The Kier molecular flexibility index (Phi) is 3.60. The quantitative estimate of drug-likeness (QED) is 0.852. The fraction of sp³-hybridized carbons (Fsp3) is 0.375. The van der Waals surface area contributed by atoms with Crippen molar-refractivity contribution in [3.05, 3.63) is 41.0 Å². The van der Waals surface area contributed by atoms with Gasteiger partial charge in [0.15, 0.2) is 0 Å². The van der Waals surface area contributed by atoms with Crippen LogP contribution in [0.15, 0.2) is 30.5 Å². The first-order valence-electron chi connectivity index (χ1n) is 7.53. The number of halogens is 1. The summed E-state index contributed by atoms with van der Waals surface area (Å²) in [6.07, 6.45) is 2.93. The lowest BCUT2D eigenvalue weighted by atomic mass is 10.3. The fourth-order valence-electron chi connectivity index (χ4n) is 2.93. The molecule has 0 saturated carbocycles. The largest absolute Gasteiger partial charge is 0.378 e. The summed E-state index contributed by atoms with van der Waals surface area (Å²) in [7, 11) is 0. The first kappa shape index (κ1) is 13.8. The average molecular weight is 317 g/mol. The smallest absolute Gasteiger partial charge is 0.227 e. The number of fused-ring (bicyclic) bond motifs is 1. The molecular formula is C16H17ClN4O. The minimum Gasteiger partial charge on any atom is -0.378 e. The summed E-state index contributed by atoms with van der Waals surface area (Å²) in [5.41, 5.74) is 2.32. The Hall–Kier alpha value is -1.85. The summed E-state index contributed by atoms with van der Waals surface area (Å²) >= 11 is 5.98. The van der Waals surface area contributed by atoms with Gasteiger partial charge in [-0.25, -0.2) is 4.98 Å². The third-order valence-corrected chi connectivity index (χ3v) is 4.37. The molecule has 1 saturated heterocycles. The van der Waals surface area contributed by atoms with Crippen LogP contribution in [0.3, 0.4) is 0 Å². The van der Waals surface area contributed by atoms with Crippen LogP contribution in [0.2, 0.25) is 5.02 Å². The second kappa shape index (κ2) is 5.74. The summed E-state index contributed by atoms with van der Waals surface area (Å²) in [5.74, 6) is 1.81. The fourth-order valence-corrected chi connectivity index (χ4v) is 3.05. The van der Waals surface area contributed by atoms with Crippen LogP contribution in [-0.2, 0) is 11.2 Å². The number of anilines is 3. The summed E-state index contributed by atoms with van der Waals surface area (Å²) in [6, 6.07) is 7.90. The normalized spacial score (nSPS) is 17.7. The molecule has 0 unspecified atom stereocenters. The number of morpholine rings is 1. The number of ether oxygens (including phenoxy) is 1. The molecule has 5 nitrogen and oxygen atoms in total. The van der Waals surface area contributed by atoms with Gasteiger partial charge in [-0.3, -0.25) is 0 Å². The average Bonchev–Trinajstić information content (AvgIpc) is 2.99. The Bertz CT molecular complexity index is 670. The third-order valence-electron chi connectivity index (χ3n) is 4.12. The van der Waals surface area contributed by atoms with E-state index in [0.29, 0.717) is 0 Å². The molecule has 6 heteroatoms. The summed E-state index contributed by atoms with van der Waals surface area (Å²) < 4.78 is 5.40. The Labute approximate surface area is 134 Å². The number of hydrogen-bond donors (Lipinski definition) is 0. The van der Waals surface area contributed by atoms with Crippen molar-refractivity contribution in [1.29, 1.82) is 0 Å². The molecule has 0 atom stereocenters. The van der Waals surface area contributed by atoms with E-state index in [2.05, 4.69) is 14.8 Å². The molecule has 0 bridgehead atoms. The van der Waals surface area contributed by atoms with Gasteiger partial charge < -0.3 is 14.5 Å². The Morgan fingerprint density at radius 1 is 1.05 bits per heavy atom. The van der Waals surface area contributed by atoms with E-state index < -0.39 is 0 Å².